The number of imide groups is 2. The van der Waals surface area contributed by atoms with Gasteiger partial charge in [0.15, 0.2) is 11.5 Å². The lowest BCUT2D eigenvalue weighted by Gasteiger charge is -2.49. The number of phenols is 1. The summed E-state index contributed by atoms with van der Waals surface area (Å²) in [5, 5.41) is 19.8. The first-order valence-electron chi connectivity index (χ1n) is 14.7. The third-order valence-electron chi connectivity index (χ3n) is 9.99. The van der Waals surface area contributed by atoms with Crippen molar-refractivity contribution in [3.8, 4) is 17.2 Å². The van der Waals surface area contributed by atoms with Crippen LogP contribution in [0.25, 0.3) is 0 Å². The average molecular weight is 603 g/mol. The highest BCUT2D eigenvalue weighted by atomic mass is 16.5. The summed E-state index contributed by atoms with van der Waals surface area (Å²) in [7, 11) is 2.81. The van der Waals surface area contributed by atoms with Gasteiger partial charge < -0.3 is 19.7 Å². The number of anilines is 1. The number of benzene rings is 2. The van der Waals surface area contributed by atoms with Crippen LogP contribution in [0.4, 0.5) is 5.69 Å². The molecule has 230 valence electrons. The highest BCUT2D eigenvalue weighted by Crippen LogP contribution is 2.64. The summed E-state index contributed by atoms with van der Waals surface area (Å²) in [6.45, 7) is 1.79. The minimum atomic E-state index is -1.26. The Labute approximate surface area is 254 Å². The molecular weight excluding hydrogens is 568 g/mol. The van der Waals surface area contributed by atoms with Crippen LogP contribution in [0.3, 0.4) is 0 Å². The smallest absolute Gasteiger partial charge is 0.303 e. The number of rotatable bonds is 8. The van der Waals surface area contributed by atoms with Crippen LogP contribution in [-0.2, 0) is 24.0 Å². The number of amides is 4. The van der Waals surface area contributed by atoms with Gasteiger partial charge in [-0.2, -0.15) is 0 Å². The van der Waals surface area contributed by atoms with Gasteiger partial charge in [0.05, 0.1) is 43.1 Å². The second-order valence-electron chi connectivity index (χ2n) is 12.1. The number of hydrogen-bond acceptors (Lipinski definition) is 8. The zero-order valence-electron chi connectivity index (χ0n) is 24.7. The van der Waals surface area contributed by atoms with Crippen LogP contribution in [-0.4, -0.2) is 65.5 Å². The van der Waals surface area contributed by atoms with Gasteiger partial charge >= 0.3 is 5.97 Å². The number of methoxy groups -OCH3 is 2. The molecule has 3 fully saturated rings. The lowest BCUT2D eigenvalue weighted by molar-refractivity contribution is -0.142. The maximum Gasteiger partial charge on any atom is 0.303 e. The monoisotopic (exact) mass is 602 g/mol. The Kier molecular flexibility index (Phi) is 7.22. The maximum absolute atomic E-state index is 14.5. The first kappa shape index (κ1) is 29.4. The summed E-state index contributed by atoms with van der Waals surface area (Å²) in [5.41, 5.74) is 0.542. The number of hydrogen-bond donors (Lipinski definition) is 2. The Hall–Kier alpha value is -4.67. The van der Waals surface area contributed by atoms with Gasteiger partial charge in [0.25, 0.3) is 0 Å². The number of carboxylic acid groups (broad SMARTS) is 1. The Balaban J connectivity index is 1.49. The molecule has 0 bridgehead atoms. The van der Waals surface area contributed by atoms with Crippen molar-refractivity contribution in [1.29, 1.82) is 0 Å². The van der Waals surface area contributed by atoms with Crippen molar-refractivity contribution >= 4 is 35.3 Å². The molecule has 4 amide bonds. The molecule has 11 nitrogen and oxygen atoms in total. The standard InChI is InChI=1S/C33H34N2O9/c1-33-22(30(40)35(32(33)42)18-8-5-4-6-9-18)16-21-19(27(33)17-14-23(43-2)28(38)24(15-17)44-3)11-12-20-26(21)31(41)34(29(20)39)13-7-10-25(36)37/h4-6,8-9,11,14-15,20-22,26-27,38H,7,10,12-13,16H2,1-3H3,(H,36,37)/t20-,21+,22-,26-,27-,33+/m0/s1. The molecule has 0 radical (unpaired) electrons. The van der Waals surface area contributed by atoms with Crippen molar-refractivity contribution in [2.75, 3.05) is 25.7 Å². The number of likely N-dealkylation sites (tertiary alicyclic amines) is 1. The van der Waals surface area contributed by atoms with E-state index in [0.29, 0.717) is 11.3 Å². The number of nitrogens with zero attached hydrogens (tertiary/aromatic N) is 2. The van der Waals surface area contributed by atoms with Crippen LogP contribution in [0, 0.1) is 29.1 Å². The SMILES string of the molecule is COc1cc([C@H]2C3=CC[C@@H]4C(=O)N(CCCC(=O)O)C(=O)[C@@H]4[C@@H]3C[C@H]3C(=O)N(c4ccccc4)C(=O)[C@@]23C)cc(OC)c1O. The summed E-state index contributed by atoms with van der Waals surface area (Å²) >= 11 is 0. The number of allylic oxidation sites excluding steroid dienone is 2. The molecule has 11 heteroatoms. The van der Waals surface area contributed by atoms with Crippen molar-refractivity contribution in [3.05, 3.63) is 59.7 Å². The maximum atomic E-state index is 14.5. The molecule has 2 N–H and O–H groups in total. The predicted octanol–water partition coefficient (Wildman–Crippen LogP) is 3.50. The van der Waals surface area contributed by atoms with Gasteiger partial charge in [-0.1, -0.05) is 29.8 Å². The van der Waals surface area contributed by atoms with Crippen LogP contribution in [0.1, 0.15) is 44.1 Å². The molecule has 2 aliphatic heterocycles. The number of fused-ring (bicyclic) bond motifs is 4. The van der Waals surface area contributed by atoms with E-state index in [1.54, 1.807) is 49.4 Å². The van der Waals surface area contributed by atoms with Crippen molar-refractivity contribution in [3.63, 3.8) is 0 Å². The zero-order chi connectivity index (χ0) is 31.5. The van der Waals surface area contributed by atoms with Crippen molar-refractivity contribution < 1.29 is 43.7 Å². The molecule has 0 unspecified atom stereocenters. The van der Waals surface area contributed by atoms with E-state index in [1.807, 2.05) is 6.08 Å². The third-order valence-corrected chi connectivity index (χ3v) is 9.99. The number of phenolic OH excluding ortho intramolecular Hbond substituents is 1. The Morgan fingerprint density at radius 1 is 0.977 bits per heavy atom. The normalized spacial score (nSPS) is 29.2. The quantitative estimate of drug-likeness (QED) is 0.342. The largest absolute Gasteiger partial charge is 0.502 e. The van der Waals surface area contributed by atoms with Crippen molar-refractivity contribution in [1.82, 2.24) is 4.90 Å². The molecule has 1 saturated carbocycles. The van der Waals surface area contributed by atoms with Crippen LogP contribution >= 0.6 is 0 Å². The molecule has 2 saturated heterocycles. The molecular formula is C33H34N2O9. The third kappa shape index (κ3) is 4.20. The average Bonchev–Trinajstić information content (AvgIpc) is 3.37. The van der Waals surface area contributed by atoms with Crippen molar-refractivity contribution in [2.45, 2.75) is 38.5 Å². The summed E-state index contributed by atoms with van der Waals surface area (Å²) in [6.07, 6.45) is 2.37. The number of para-hydroxylation sites is 1. The molecule has 2 aliphatic carbocycles. The number of carbonyl (C=O) groups is 5. The number of carbonyl (C=O) groups excluding carboxylic acids is 4. The molecule has 6 atom stereocenters. The van der Waals surface area contributed by atoms with Gasteiger partial charge in [0.1, 0.15) is 0 Å². The molecule has 6 rings (SSSR count). The van der Waals surface area contributed by atoms with E-state index in [-0.39, 0.29) is 73.1 Å². The first-order valence-corrected chi connectivity index (χ1v) is 14.7. The van der Waals surface area contributed by atoms with E-state index in [4.69, 9.17) is 14.6 Å². The number of ether oxygens (including phenoxy) is 2. The number of aromatic hydroxyl groups is 1. The predicted molar refractivity (Wildman–Crippen MR) is 156 cm³/mol. The van der Waals surface area contributed by atoms with E-state index in [0.717, 1.165) is 5.57 Å². The van der Waals surface area contributed by atoms with E-state index in [2.05, 4.69) is 0 Å². The highest BCUT2D eigenvalue weighted by molar-refractivity contribution is 6.24. The number of carboxylic acids is 1. The van der Waals surface area contributed by atoms with E-state index < -0.39 is 41.0 Å². The summed E-state index contributed by atoms with van der Waals surface area (Å²) in [4.78, 5) is 69.4. The van der Waals surface area contributed by atoms with E-state index in [9.17, 15) is 29.1 Å². The van der Waals surface area contributed by atoms with E-state index in [1.165, 1.54) is 24.0 Å². The molecule has 0 spiro atoms. The van der Waals surface area contributed by atoms with Crippen LogP contribution < -0.4 is 14.4 Å². The fraction of sp³-hybridized carbons (Fsp3) is 0.424. The Morgan fingerprint density at radius 3 is 2.25 bits per heavy atom. The number of aliphatic carboxylic acids is 1. The molecule has 0 aromatic heterocycles. The van der Waals surface area contributed by atoms with Crippen LogP contribution in [0.5, 0.6) is 17.2 Å². The fourth-order valence-corrected chi connectivity index (χ4v) is 7.97. The Bertz CT molecular complexity index is 1580. The van der Waals surface area contributed by atoms with Crippen LogP contribution in [0.2, 0.25) is 0 Å². The summed E-state index contributed by atoms with van der Waals surface area (Å²) in [5.74, 6) is -5.82. The zero-order valence-corrected chi connectivity index (χ0v) is 24.7. The molecule has 2 heterocycles. The molecule has 44 heavy (non-hydrogen) atoms. The molecule has 2 aromatic rings. The second-order valence-corrected chi connectivity index (χ2v) is 12.1. The lowest BCUT2D eigenvalue weighted by atomic mass is 9.51. The fourth-order valence-electron chi connectivity index (χ4n) is 7.97. The Morgan fingerprint density at radius 2 is 1.64 bits per heavy atom. The summed E-state index contributed by atoms with van der Waals surface area (Å²) < 4.78 is 10.9. The molecule has 4 aliphatic rings. The highest BCUT2D eigenvalue weighted by Gasteiger charge is 2.67. The van der Waals surface area contributed by atoms with Gasteiger partial charge in [-0.15, -0.1) is 0 Å². The van der Waals surface area contributed by atoms with E-state index >= 15 is 0 Å². The lowest BCUT2D eigenvalue weighted by Crippen LogP contribution is -2.48. The molecule has 2 aromatic carbocycles. The minimum absolute atomic E-state index is 0.00908. The first-order chi connectivity index (χ1) is 21.0. The van der Waals surface area contributed by atoms with Gasteiger partial charge in [0, 0.05) is 18.9 Å². The van der Waals surface area contributed by atoms with Crippen LogP contribution in [0.15, 0.2) is 54.1 Å². The van der Waals surface area contributed by atoms with Gasteiger partial charge in [-0.3, -0.25) is 28.9 Å². The summed E-state index contributed by atoms with van der Waals surface area (Å²) in [6, 6.07) is 12.0. The topological polar surface area (TPSA) is 151 Å². The van der Waals surface area contributed by atoms with Gasteiger partial charge in [-0.25, -0.2) is 4.90 Å². The van der Waals surface area contributed by atoms with Gasteiger partial charge in [0.2, 0.25) is 29.4 Å². The van der Waals surface area contributed by atoms with Crippen molar-refractivity contribution in [2.24, 2.45) is 29.1 Å². The second kappa shape index (κ2) is 10.8. The minimum Gasteiger partial charge on any atom is -0.502 e. The van der Waals surface area contributed by atoms with Gasteiger partial charge in [-0.05, 0) is 61.9 Å².